The van der Waals surface area contributed by atoms with E-state index in [0.29, 0.717) is 5.88 Å². The molecule has 0 saturated heterocycles. The summed E-state index contributed by atoms with van der Waals surface area (Å²) in [6, 6.07) is 4.59. The summed E-state index contributed by atoms with van der Waals surface area (Å²) in [5.74, 6) is 0.955. The standard InChI is InChI=1S/C15H16F3NO3S/c1-3-23-8-19-13-11(12(20)14(21-2)22-13)9-5-4-6-10(7-9)15(16,17)18/h4-7,14,19H,3,8H2,1-2H3. The maximum atomic E-state index is 12.9. The highest BCUT2D eigenvalue weighted by Gasteiger charge is 2.37. The Morgan fingerprint density at radius 3 is 2.74 bits per heavy atom. The lowest BCUT2D eigenvalue weighted by molar-refractivity contribution is -0.143. The first-order valence-corrected chi connectivity index (χ1v) is 8.01. The van der Waals surface area contributed by atoms with Gasteiger partial charge in [-0.1, -0.05) is 19.1 Å². The quantitative estimate of drug-likeness (QED) is 0.632. The monoisotopic (exact) mass is 347 g/mol. The zero-order valence-corrected chi connectivity index (χ0v) is 13.4. The first kappa shape index (κ1) is 17.7. The number of ketones is 1. The number of hydrogen-bond acceptors (Lipinski definition) is 5. The average molecular weight is 347 g/mol. The minimum absolute atomic E-state index is 0.0691. The van der Waals surface area contributed by atoms with Crippen molar-refractivity contribution < 1.29 is 27.4 Å². The third-order valence-corrected chi connectivity index (χ3v) is 3.90. The van der Waals surface area contributed by atoms with Crippen molar-refractivity contribution in [3.05, 3.63) is 41.3 Å². The van der Waals surface area contributed by atoms with Crippen molar-refractivity contribution in [3.8, 4) is 0 Å². The Bertz CT molecular complexity index is 616. The molecular formula is C15H16F3NO3S. The summed E-state index contributed by atoms with van der Waals surface area (Å²) in [7, 11) is 1.30. The number of hydrogen-bond donors (Lipinski definition) is 1. The Labute approximate surface area is 136 Å². The van der Waals surface area contributed by atoms with Gasteiger partial charge in [-0.05, 0) is 23.4 Å². The molecule has 1 heterocycles. The van der Waals surface area contributed by atoms with Crippen LogP contribution in [0.3, 0.4) is 0 Å². The molecule has 4 nitrogen and oxygen atoms in total. The zero-order chi connectivity index (χ0) is 17.0. The maximum absolute atomic E-state index is 12.9. The van der Waals surface area contributed by atoms with E-state index >= 15 is 0 Å². The fourth-order valence-electron chi connectivity index (χ4n) is 2.08. The average Bonchev–Trinajstić information content (AvgIpc) is 2.83. The van der Waals surface area contributed by atoms with E-state index in [1.807, 2.05) is 6.92 Å². The van der Waals surface area contributed by atoms with Gasteiger partial charge in [0.2, 0.25) is 11.7 Å². The number of nitrogens with one attached hydrogen (secondary N) is 1. The molecule has 0 aromatic heterocycles. The molecule has 1 aromatic rings. The molecule has 1 atom stereocenters. The van der Waals surface area contributed by atoms with Crippen molar-refractivity contribution in [2.75, 3.05) is 18.7 Å². The molecule has 8 heteroatoms. The number of benzene rings is 1. The molecule has 0 amide bonds. The summed E-state index contributed by atoms with van der Waals surface area (Å²) in [4.78, 5) is 12.3. The SMILES string of the molecule is CCSCNC1=C(c2cccc(C(F)(F)F)c2)C(=O)C(OC)O1. The van der Waals surface area contributed by atoms with Gasteiger partial charge in [-0.15, -0.1) is 11.8 Å². The predicted octanol–water partition coefficient (Wildman–Crippen LogP) is 3.25. The first-order chi connectivity index (χ1) is 10.9. The van der Waals surface area contributed by atoms with Gasteiger partial charge in [-0.2, -0.15) is 13.2 Å². The Kier molecular flexibility index (Phi) is 5.59. The lowest BCUT2D eigenvalue weighted by atomic mass is 10.0. The van der Waals surface area contributed by atoms with Crippen LogP contribution >= 0.6 is 11.8 Å². The summed E-state index contributed by atoms with van der Waals surface area (Å²) in [6.07, 6.45) is -5.63. The zero-order valence-electron chi connectivity index (χ0n) is 12.6. The van der Waals surface area contributed by atoms with Crippen molar-refractivity contribution in [2.45, 2.75) is 19.4 Å². The summed E-state index contributed by atoms with van der Waals surface area (Å²) >= 11 is 1.55. The van der Waals surface area contributed by atoms with Gasteiger partial charge in [0.1, 0.15) is 0 Å². The van der Waals surface area contributed by atoms with E-state index < -0.39 is 23.8 Å². The molecule has 1 unspecified atom stereocenters. The van der Waals surface area contributed by atoms with Crippen molar-refractivity contribution in [2.24, 2.45) is 0 Å². The number of alkyl halides is 3. The minimum atomic E-state index is -4.48. The molecule has 126 valence electrons. The molecule has 0 fully saturated rings. The number of thioether (sulfide) groups is 1. The highest BCUT2D eigenvalue weighted by Crippen LogP contribution is 2.34. The highest BCUT2D eigenvalue weighted by atomic mass is 32.2. The van der Waals surface area contributed by atoms with Gasteiger partial charge in [-0.3, -0.25) is 4.79 Å². The number of ether oxygens (including phenoxy) is 2. The largest absolute Gasteiger partial charge is 0.441 e. The van der Waals surface area contributed by atoms with Crippen molar-refractivity contribution in [1.29, 1.82) is 0 Å². The molecule has 1 aliphatic rings. The molecule has 0 bridgehead atoms. The van der Waals surface area contributed by atoms with Crippen LogP contribution in [0.25, 0.3) is 5.57 Å². The lowest BCUT2D eigenvalue weighted by Crippen LogP contribution is -2.21. The second-order valence-electron chi connectivity index (χ2n) is 4.65. The van der Waals surface area contributed by atoms with Crippen LogP contribution in [0.15, 0.2) is 30.1 Å². The molecule has 0 saturated carbocycles. The van der Waals surface area contributed by atoms with Gasteiger partial charge in [0.05, 0.1) is 17.0 Å². The predicted molar refractivity (Wildman–Crippen MR) is 81.4 cm³/mol. The number of methoxy groups -OCH3 is 1. The molecule has 23 heavy (non-hydrogen) atoms. The van der Waals surface area contributed by atoms with Crippen molar-refractivity contribution in [3.63, 3.8) is 0 Å². The third-order valence-electron chi connectivity index (χ3n) is 3.14. The van der Waals surface area contributed by atoms with Crippen LogP contribution in [0.1, 0.15) is 18.1 Å². The molecule has 0 spiro atoms. The van der Waals surface area contributed by atoms with E-state index in [2.05, 4.69) is 5.32 Å². The summed E-state index contributed by atoms with van der Waals surface area (Å²) < 4.78 is 48.9. The van der Waals surface area contributed by atoms with Crippen LogP contribution in [0.5, 0.6) is 0 Å². The maximum Gasteiger partial charge on any atom is 0.416 e. The number of rotatable bonds is 6. The summed E-state index contributed by atoms with van der Waals surface area (Å²) in [6.45, 7) is 1.97. The molecule has 0 aliphatic carbocycles. The fraction of sp³-hybridized carbons (Fsp3) is 0.400. The summed E-state index contributed by atoms with van der Waals surface area (Å²) in [5.41, 5.74) is -0.605. The molecule has 1 aromatic carbocycles. The second-order valence-corrected chi connectivity index (χ2v) is 5.92. The highest BCUT2D eigenvalue weighted by molar-refractivity contribution is 7.99. The Morgan fingerprint density at radius 1 is 1.39 bits per heavy atom. The second kappa shape index (κ2) is 7.27. The van der Waals surface area contributed by atoms with Gasteiger partial charge >= 0.3 is 6.18 Å². The van der Waals surface area contributed by atoms with E-state index in [9.17, 15) is 18.0 Å². The molecule has 1 N–H and O–H groups in total. The van der Waals surface area contributed by atoms with Gasteiger partial charge in [0.15, 0.2) is 0 Å². The fourth-order valence-corrected chi connectivity index (χ4v) is 2.51. The van der Waals surface area contributed by atoms with E-state index in [0.717, 1.165) is 17.9 Å². The lowest BCUT2D eigenvalue weighted by Gasteiger charge is -2.11. The summed E-state index contributed by atoms with van der Waals surface area (Å²) in [5, 5.41) is 2.92. The van der Waals surface area contributed by atoms with Gasteiger partial charge in [0, 0.05) is 7.11 Å². The minimum Gasteiger partial charge on any atom is -0.441 e. The Balaban J connectivity index is 2.38. The number of halogens is 3. The normalized spacial score (nSPS) is 18.3. The van der Waals surface area contributed by atoms with Gasteiger partial charge in [0.25, 0.3) is 6.29 Å². The third kappa shape index (κ3) is 4.00. The van der Waals surface area contributed by atoms with Crippen LogP contribution in [-0.4, -0.2) is 30.8 Å². The number of carbonyl (C=O) groups excluding carboxylic acids is 1. The van der Waals surface area contributed by atoms with E-state index in [1.54, 1.807) is 11.8 Å². The van der Waals surface area contributed by atoms with Crippen LogP contribution in [0.4, 0.5) is 13.2 Å². The number of carbonyl (C=O) groups is 1. The van der Waals surface area contributed by atoms with Crippen LogP contribution < -0.4 is 5.32 Å². The molecule has 2 rings (SSSR count). The van der Waals surface area contributed by atoms with Crippen LogP contribution in [0, 0.1) is 0 Å². The van der Waals surface area contributed by atoms with Crippen LogP contribution in [0.2, 0.25) is 0 Å². The number of Topliss-reactive ketones (excluding diaryl/α,β-unsaturated/α-hetero) is 1. The Hall–Kier alpha value is -1.67. The topological polar surface area (TPSA) is 47.6 Å². The van der Waals surface area contributed by atoms with Crippen LogP contribution in [-0.2, 0) is 20.4 Å². The molecule has 1 aliphatic heterocycles. The smallest absolute Gasteiger partial charge is 0.416 e. The van der Waals surface area contributed by atoms with Crippen molar-refractivity contribution in [1.82, 2.24) is 5.32 Å². The van der Waals surface area contributed by atoms with E-state index in [4.69, 9.17) is 9.47 Å². The van der Waals surface area contributed by atoms with E-state index in [1.165, 1.54) is 19.2 Å². The first-order valence-electron chi connectivity index (χ1n) is 6.85. The Morgan fingerprint density at radius 2 is 2.13 bits per heavy atom. The van der Waals surface area contributed by atoms with Gasteiger partial charge < -0.3 is 14.8 Å². The molecule has 0 radical (unpaired) electrons. The van der Waals surface area contributed by atoms with Gasteiger partial charge in [-0.25, -0.2) is 0 Å². The van der Waals surface area contributed by atoms with Crippen molar-refractivity contribution >= 4 is 23.1 Å². The molecular weight excluding hydrogens is 331 g/mol. The van der Waals surface area contributed by atoms with E-state index in [-0.39, 0.29) is 17.0 Å².